The van der Waals surface area contributed by atoms with E-state index in [4.69, 9.17) is 0 Å². The summed E-state index contributed by atoms with van der Waals surface area (Å²) in [6.45, 7) is 3.43. The predicted molar refractivity (Wildman–Crippen MR) is 67.5 cm³/mol. The van der Waals surface area contributed by atoms with Gasteiger partial charge in [0.25, 0.3) is 0 Å². The van der Waals surface area contributed by atoms with E-state index in [1.807, 2.05) is 0 Å². The van der Waals surface area contributed by atoms with Crippen molar-refractivity contribution in [2.45, 2.75) is 70.4 Å². The van der Waals surface area contributed by atoms with Crippen LogP contribution in [0.25, 0.3) is 0 Å². The fourth-order valence-electron chi connectivity index (χ4n) is 4.06. The Morgan fingerprint density at radius 1 is 1.25 bits per heavy atom. The summed E-state index contributed by atoms with van der Waals surface area (Å²) in [4.78, 5) is 2.52. The zero-order valence-electron chi connectivity index (χ0n) is 10.9. The lowest BCUT2D eigenvalue weighted by atomic mass is 9.67. The second-order valence-electron chi connectivity index (χ2n) is 5.99. The van der Waals surface area contributed by atoms with Gasteiger partial charge in [-0.3, -0.25) is 0 Å². The first-order chi connectivity index (χ1) is 7.68. The van der Waals surface area contributed by atoms with Crippen LogP contribution in [0.2, 0.25) is 0 Å². The van der Waals surface area contributed by atoms with Crippen LogP contribution in [0.5, 0.6) is 0 Å². The molecular weight excluding hydrogens is 198 g/mol. The van der Waals surface area contributed by atoms with Gasteiger partial charge in [-0.05, 0) is 57.5 Å². The van der Waals surface area contributed by atoms with Crippen LogP contribution in [0.4, 0.5) is 0 Å². The molecule has 0 saturated heterocycles. The summed E-state index contributed by atoms with van der Waals surface area (Å²) < 4.78 is 0. The highest BCUT2D eigenvalue weighted by molar-refractivity contribution is 4.99. The molecule has 2 aliphatic rings. The molecule has 0 aromatic carbocycles. The summed E-state index contributed by atoms with van der Waals surface area (Å²) >= 11 is 0. The van der Waals surface area contributed by atoms with Crippen LogP contribution in [-0.4, -0.2) is 35.7 Å². The molecule has 0 aliphatic heterocycles. The predicted octanol–water partition coefficient (Wildman–Crippen LogP) is 2.80. The first-order valence-corrected chi connectivity index (χ1v) is 7.06. The maximum absolute atomic E-state index is 9.91. The standard InChI is InChI=1S/C14H27NO/c1-3-10-15(2)13-11-12(16)6-9-14(13)7-4-5-8-14/h12-13,16H,3-11H2,1-2H3. The summed E-state index contributed by atoms with van der Waals surface area (Å²) in [5.41, 5.74) is 0.559. The van der Waals surface area contributed by atoms with E-state index in [1.54, 1.807) is 0 Å². The van der Waals surface area contributed by atoms with E-state index in [1.165, 1.54) is 45.1 Å². The molecule has 0 bridgehead atoms. The van der Waals surface area contributed by atoms with Gasteiger partial charge in [-0.1, -0.05) is 19.8 Å². The molecule has 2 unspecified atom stereocenters. The van der Waals surface area contributed by atoms with Crippen molar-refractivity contribution in [2.24, 2.45) is 5.41 Å². The molecule has 0 heterocycles. The molecule has 2 atom stereocenters. The molecule has 0 amide bonds. The number of rotatable bonds is 3. The second kappa shape index (κ2) is 5.05. The molecule has 2 heteroatoms. The topological polar surface area (TPSA) is 23.5 Å². The molecule has 16 heavy (non-hydrogen) atoms. The SMILES string of the molecule is CCCN(C)C1CC(O)CCC12CCCC2. The van der Waals surface area contributed by atoms with E-state index in [-0.39, 0.29) is 6.10 Å². The fraction of sp³-hybridized carbons (Fsp3) is 1.00. The lowest BCUT2D eigenvalue weighted by Gasteiger charge is -2.47. The van der Waals surface area contributed by atoms with Gasteiger partial charge in [-0.15, -0.1) is 0 Å². The average molecular weight is 225 g/mol. The summed E-state index contributed by atoms with van der Waals surface area (Å²) in [5, 5.41) is 9.91. The van der Waals surface area contributed by atoms with Crippen LogP contribution in [-0.2, 0) is 0 Å². The van der Waals surface area contributed by atoms with Crippen molar-refractivity contribution in [3.63, 3.8) is 0 Å². The Morgan fingerprint density at radius 3 is 2.56 bits per heavy atom. The van der Waals surface area contributed by atoms with Gasteiger partial charge in [0.2, 0.25) is 0 Å². The molecular formula is C14H27NO. The third-order valence-corrected chi connectivity index (χ3v) is 4.89. The normalized spacial score (nSPS) is 33.8. The highest BCUT2D eigenvalue weighted by Gasteiger charge is 2.46. The van der Waals surface area contributed by atoms with Crippen LogP contribution >= 0.6 is 0 Å². The Balaban J connectivity index is 2.08. The van der Waals surface area contributed by atoms with Crippen molar-refractivity contribution >= 4 is 0 Å². The minimum absolute atomic E-state index is 0.0458. The zero-order chi connectivity index (χ0) is 11.6. The second-order valence-corrected chi connectivity index (χ2v) is 5.99. The molecule has 1 N–H and O–H groups in total. The Kier molecular flexibility index (Phi) is 3.91. The third kappa shape index (κ3) is 2.28. The van der Waals surface area contributed by atoms with E-state index >= 15 is 0 Å². The highest BCUT2D eigenvalue weighted by Crippen LogP contribution is 2.50. The van der Waals surface area contributed by atoms with Crippen molar-refractivity contribution in [1.82, 2.24) is 4.90 Å². The summed E-state index contributed by atoms with van der Waals surface area (Å²) in [6, 6.07) is 0.638. The van der Waals surface area contributed by atoms with Gasteiger partial charge in [0.05, 0.1) is 6.10 Å². The number of hydrogen-bond donors (Lipinski definition) is 1. The van der Waals surface area contributed by atoms with E-state index in [9.17, 15) is 5.11 Å². The van der Waals surface area contributed by atoms with Gasteiger partial charge >= 0.3 is 0 Å². The summed E-state index contributed by atoms with van der Waals surface area (Å²) in [6.07, 6.45) is 10.1. The third-order valence-electron chi connectivity index (χ3n) is 4.89. The van der Waals surface area contributed by atoms with Crippen LogP contribution in [0.3, 0.4) is 0 Å². The van der Waals surface area contributed by atoms with Gasteiger partial charge < -0.3 is 10.0 Å². The van der Waals surface area contributed by atoms with E-state index < -0.39 is 0 Å². The van der Waals surface area contributed by atoms with Crippen LogP contribution in [0.1, 0.15) is 58.3 Å². The zero-order valence-corrected chi connectivity index (χ0v) is 10.9. The fourth-order valence-corrected chi connectivity index (χ4v) is 4.06. The number of nitrogens with zero attached hydrogens (tertiary/aromatic N) is 1. The van der Waals surface area contributed by atoms with Crippen molar-refractivity contribution in [3.05, 3.63) is 0 Å². The lowest BCUT2D eigenvalue weighted by Crippen LogP contribution is -2.50. The van der Waals surface area contributed by atoms with Gasteiger partial charge in [-0.25, -0.2) is 0 Å². The molecule has 94 valence electrons. The van der Waals surface area contributed by atoms with Crippen LogP contribution < -0.4 is 0 Å². The molecule has 2 fully saturated rings. The monoisotopic (exact) mass is 225 g/mol. The quantitative estimate of drug-likeness (QED) is 0.798. The van der Waals surface area contributed by atoms with Gasteiger partial charge in [-0.2, -0.15) is 0 Å². The van der Waals surface area contributed by atoms with E-state index in [0.29, 0.717) is 11.5 Å². The van der Waals surface area contributed by atoms with Gasteiger partial charge in [0.15, 0.2) is 0 Å². The first kappa shape index (κ1) is 12.4. The minimum Gasteiger partial charge on any atom is -0.393 e. The molecule has 0 aromatic heterocycles. The van der Waals surface area contributed by atoms with Crippen LogP contribution in [0.15, 0.2) is 0 Å². The Hall–Kier alpha value is -0.0800. The summed E-state index contributed by atoms with van der Waals surface area (Å²) in [7, 11) is 2.26. The molecule has 2 nitrogen and oxygen atoms in total. The van der Waals surface area contributed by atoms with Crippen molar-refractivity contribution in [1.29, 1.82) is 0 Å². The number of aliphatic hydroxyl groups is 1. The van der Waals surface area contributed by atoms with E-state index in [2.05, 4.69) is 18.9 Å². The number of hydrogen-bond acceptors (Lipinski definition) is 2. The first-order valence-electron chi connectivity index (χ1n) is 7.06. The Labute approximate surface area is 100 Å². The van der Waals surface area contributed by atoms with Crippen molar-refractivity contribution < 1.29 is 5.11 Å². The van der Waals surface area contributed by atoms with Gasteiger partial charge in [0.1, 0.15) is 0 Å². The minimum atomic E-state index is -0.0458. The molecule has 1 spiro atoms. The summed E-state index contributed by atoms with van der Waals surface area (Å²) in [5.74, 6) is 0. The molecule has 2 rings (SSSR count). The van der Waals surface area contributed by atoms with E-state index in [0.717, 1.165) is 12.8 Å². The largest absolute Gasteiger partial charge is 0.393 e. The Morgan fingerprint density at radius 2 is 1.94 bits per heavy atom. The highest BCUT2D eigenvalue weighted by atomic mass is 16.3. The maximum Gasteiger partial charge on any atom is 0.0555 e. The average Bonchev–Trinajstić information content (AvgIpc) is 2.72. The maximum atomic E-state index is 9.91. The van der Waals surface area contributed by atoms with Gasteiger partial charge in [0, 0.05) is 6.04 Å². The van der Waals surface area contributed by atoms with Crippen LogP contribution in [0, 0.1) is 5.41 Å². The number of aliphatic hydroxyl groups excluding tert-OH is 1. The Bertz CT molecular complexity index is 223. The van der Waals surface area contributed by atoms with Crippen molar-refractivity contribution in [2.75, 3.05) is 13.6 Å². The molecule has 0 aromatic rings. The smallest absolute Gasteiger partial charge is 0.0555 e. The van der Waals surface area contributed by atoms with Crippen molar-refractivity contribution in [3.8, 4) is 0 Å². The molecule has 0 radical (unpaired) electrons. The molecule has 2 aliphatic carbocycles. The lowest BCUT2D eigenvalue weighted by molar-refractivity contribution is -0.0166. The molecule has 2 saturated carbocycles.